The maximum absolute atomic E-state index is 8.70. The lowest BCUT2D eigenvalue weighted by molar-refractivity contribution is 0.503. The maximum atomic E-state index is 8.70. The summed E-state index contributed by atoms with van der Waals surface area (Å²) >= 11 is 4.97. The minimum absolute atomic E-state index is 0.195. The van der Waals surface area contributed by atoms with E-state index in [0.29, 0.717) is 5.96 Å². The van der Waals surface area contributed by atoms with Gasteiger partial charge in [0.05, 0.1) is 15.0 Å². The average Bonchev–Trinajstić information content (AvgIpc) is 2.64. The Bertz CT molecular complexity index is 445. The molecule has 1 rings (SSSR count). The van der Waals surface area contributed by atoms with Gasteiger partial charge in [-0.05, 0) is 42.3 Å². The second kappa shape index (κ2) is 6.03. The molecule has 1 aromatic heterocycles. The van der Waals surface area contributed by atoms with Crippen molar-refractivity contribution in [1.29, 1.82) is 5.26 Å². The van der Waals surface area contributed by atoms with Crippen LogP contribution >= 0.6 is 27.3 Å². The Hall–Kier alpha value is -1.06. The molecular weight excluding hydrogens is 300 g/mol. The van der Waals surface area contributed by atoms with Gasteiger partial charge in [-0.15, -0.1) is 11.3 Å². The van der Waals surface area contributed by atoms with Crippen LogP contribution in [-0.2, 0) is 0 Å². The van der Waals surface area contributed by atoms with Crippen molar-refractivity contribution in [3.05, 3.63) is 15.2 Å². The summed E-state index contributed by atoms with van der Waals surface area (Å²) < 4.78 is 1.03. The molecule has 0 unspecified atom stereocenters. The van der Waals surface area contributed by atoms with E-state index in [-0.39, 0.29) is 5.54 Å². The molecule has 92 valence electrons. The van der Waals surface area contributed by atoms with E-state index < -0.39 is 0 Å². The topological polar surface area (TPSA) is 60.2 Å². The molecule has 0 bridgehead atoms. The van der Waals surface area contributed by atoms with Crippen molar-refractivity contribution < 1.29 is 0 Å². The van der Waals surface area contributed by atoms with E-state index in [0.717, 1.165) is 15.9 Å². The molecule has 0 radical (unpaired) electrons. The lowest BCUT2D eigenvalue weighted by atomic mass is 10.0. The van der Waals surface area contributed by atoms with Gasteiger partial charge in [-0.2, -0.15) is 5.26 Å². The predicted molar refractivity (Wildman–Crippen MR) is 76.2 cm³/mol. The fourth-order valence-corrected chi connectivity index (χ4v) is 2.12. The van der Waals surface area contributed by atoms with Crippen LogP contribution in [0.2, 0.25) is 0 Å². The fourth-order valence-electron chi connectivity index (χ4n) is 1.03. The third-order valence-corrected chi connectivity index (χ3v) is 3.79. The highest BCUT2D eigenvalue weighted by atomic mass is 79.9. The van der Waals surface area contributed by atoms with Gasteiger partial charge in [0, 0.05) is 5.38 Å². The number of hydrogen-bond donors (Lipinski definition) is 2. The summed E-state index contributed by atoms with van der Waals surface area (Å²) in [5, 5.41) is 16.3. The quantitative estimate of drug-likeness (QED) is 0.388. The van der Waals surface area contributed by atoms with Crippen LogP contribution < -0.4 is 10.6 Å². The van der Waals surface area contributed by atoms with Crippen LogP contribution in [0.4, 0.5) is 5.69 Å². The van der Waals surface area contributed by atoms with Crippen molar-refractivity contribution in [1.82, 2.24) is 5.32 Å². The van der Waals surface area contributed by atoms with E-state index in [1.165, 1.54) is 0 Å². The first-order chi connectivity index (χ1) is 7.96. The second-order valence-electron chi connectivity index (χ2n) is 4.13. The first-order valence-electron chi connectivity index (χ1n) is 5.23. The van der Waals surface area contributed by atoms with E-state index in [9.17, 15) is 0 Å². The molecule has 0 aliphatic heterocycles. The highest BCUT2D eigenvalue weighted by Crippen LogP contribution is 2.24. The number of aliphatic imine (C=N–C) groups is 1. The van der Waals surface area contributed by atoms with Crippen molar-refractivity contribution in [2.24, 2.45) is 4.99 Å². The Morgan fingerprint density at radius 3 is 2.82 bits per heavy atom. The summed E-state index contributed by atoms with van der Waals surface area (Å²) in [5.41, 5.74) is 0.717. The summed E-state index contributed by atoms with van der Waals surface area (Å²) in [5.74, 6) is 0.477. The van der Waals surface area contributed by atoms with Gasteiger partial charge in [0.25, 0.3) is 0 Å². The summed E-state index contributed by atoms with van der Waals surface area (Å²) in [6, 6.07) is 1.94. The standard InChI is InChI=1S/C11H15BrN4S/c1-4-11(2,3)16-10(14-7-13)15-8-5-9(12)17-6-8/h5-6H,4H2,1-3H3,(H2,14,15,16). The molecule has 17 heavy (non-hydrogen) atoms. The van der Waals surface area contributed by atoms with Crippen molar-refractivity contribution in [3.8, 4) is 6.19 Å². The van der Waals surface area contributed by atoms with Crippen LogP contribution in [-0.4, -0.2) is 11.5 Å². The summed E-state index contributed by atoms with van der Waals surface area (Å²) in [6.07, 6.45) is 2.79. The Morgan fingerprint density at radius 1 is 1.65 bits per heavy atom. The van der Waals surface area contributed by atoms with Crippen LogP contribution in [0.25, 0.3) is 0 Å². The highest BCUT2D eigenvalue weighted by Gasteiger charge is 2.14. The van der Waals surface area contributed by atoms with Gasteiger partial charge in [0.15, 0.2) is 6.19 Å². The Balaban J connectivity index is 2.84. The zero-order valence-corrected chi connectivity index (χ0v) is 12.4. The lowest BCUT2D eigenvalue weighted by Gasteiger charge is -2.19. The molecule has 0 aliphatic rings. The number of guanidine groups is 1. The zero-order chi connectivity index (χ0) is 12.9. The number of halogens is 1. The van der Waals surface area contributed by atoms with Crippen LogP contribution in [0.1, 0.15) is 27.2 Å². The van der Waals surface area contributed by atoms with Gasteiger partial charge in [-0.25, -0.2) is 4.99 Å². The molecule has 0 fully saturated rings. The van der Waals surface area contributed by atoms with E-state index in [2.05, 4.69) is 38.5 Å². The van der Waals surface area contributed by atoms with Gasteiger partial charge in [-0.3, -0.25) is 5.32 Å². The molecule has 4 nitrogen and oxygen atoms in total. The molecule has 1 heterocycles. The number of thiophene rings is 1. The number of rotatable bonds is 3. The molecule has 0 aromatic carbocycles. The molecular formula is C11H15BrN4S. The number of nitrogens with one attached hydrogen (secondary N) is 2. The van der Waals surface area contributed by atoms with Crippen LogP contribution in [0.3, 0.4) is 0 Å². The Labute approximate surface area is 114 Å². The number of nitriles is 1. The van der Waals surface area contributed by atoms with Gasteiger partial charge >= 0.3 is 0 Å². The molecule has 6 heteroatoms. The molecule has 2 N–H and O–H groups in total. The summed E-state index contributed by atoms with van der Waals surface area (Å²) in [7, 11) is 0. The Morgan fingerprint density at radius 2 is 2.35 bits per heavy atom. The van der Waals surface area contributed by atoms with Crippen LogP contribution in [0, 0.1) is 11.5 Å². The third-order valence-electron chi connectivity index (χ3n) is 2.28. The van der Waals surface area contributed by atoms with E-state index in [4.69, 9.17) is 5.26 Å². The molecule has 0 saturated heterocycles. The van der Waals surface area contributed by atoms with E-state index in [1.54, 1.807) is 11.3 Å². The van der Waals surface area contributed by atoms with Gasteiger partial charge in [-0.1, -0.05) is 6.92 Å². The molecule has 0 spiro atoms. The largest absolute Gasteiger partial charge is 0.325 e. The summed E-state index contributed by atoms with van der Waals surface area (Å²) in [4.78, 5) is 4.48. The highest BCUT2D eigenvalue weighted by molar-refractivity contribution is 9.11. The molecule has 0 atom stereocenters. The van der Waals surface area contributed by atoms with Gasteiger partial charge in [0.1, 0.15) is 0 Å². The first kappa shape index (κ1) is 14.0. The molecule has 1 aromatic rings. The minimum atomic E-state index is -0.195. The monoisotopic (exact) mass is 314 g/mol. The van der Waals surface area contributed by atoms with Crippen LogP contribution in [0.15, 0.2) is 20.2 Å². The average molecular weight is 315 g/mol. The number of hydrogen-bond acceptors (Lipinski definition) is 3. The normalized spacial score (nSPS) is 12.1. The van der Waals surface area contributed by atoms with Crippen LogP contribution in [0.5, 0.6) is 0 Å². The first-order valence-corrected chi connectivity index (χ1v) is 6.90. The van der Waals surface area contributed by atoms with Gasteiger partial charge < -0.3 is 5.32 Å². The molecule has 0 aliphatic carbocycles. The lowest BCUT2D eigenvalue weighted by Crippen LogP contribution is -2.31. The van der Waals surface area contributed by atoms with Crippen molar-refractivity contribution in [2.45, 2.75) is 32.7 Å². The smallest absolute Gasteiger partial charge is 0.209 e. The minimum Gasteiger partial charge on any atom is -0.325 e. The number of anilines is 1. The SMILES string of the molecule is CCC(C)(C)N=C(NC#N)Nc1csc(Br)c1. The van der Waals surface area contributed by atoms with Crippen molar-refractivity contribution in [2.75, 3.05) is 5.32 Å². The molecule has 0 saturated carbocycles. The predicted octanol–water partition coefficient (Wildman–Crippen LogP) is 3.54. The Kier molecular flexibility index (Phi) is 4.97. The van der Waals surface area contributed by atoms with Crippen molar-refractivity contribution >= 4 is 38.9 Å². The fraction of sp³-hybridized carbons (Fsp3) is 0.455. The van der Waals surface area contributed by atoms with E-state index >= 15 is 0 Å². The molecule has 0 amide bonds. The zero-order valence-electron chi connectivity index (χ0n) is 10.0. The number of nitrogens with zero attached hydrogens (tertiary/aromatic N) is 2. The van der Waals surface area contributed by atoms with E-state index in [1.807, 2.05) is 31.5 Å². The summed E-state index contributed by atoms with van der Waals surface area (Å²) in [6.45, 7) is 6.11. The second-order valence-corrected chi connectivity index (χ2v) is 6.42. The van der Waals surface area contributed by atoms with Crippen molar-refractivity contribution in [3.63, 3.8) is 0 Å². The maximum Gasteiger partial charge on any atom is 0.209 e. The third kappa shape index (κ3) is 4.75. The van der Waals surface area contributed by atoms with Gasteiger partial charge in [0.2, 0.25) is 5.96 Å².